The number of nitrogens with zero attached hydrogens (tertiary/aromatic N) is 5. The van der Waals surface area contributed by atoms with Gasteiger partial charge in [0, 0.05) is 63.6 Å². The van der Waals surface area contributed by atoms with Gasteiger partial charge < -0.3 is 19.9 Å². The predicted molar refractivity (Wildman–Crippen MR) is 135 cm³/mol. The molecule has 1 atom stereocenters. The molecular formula is C22H29IN6O3. The van der Waals surface area contributed by atoms with Crippen LogP contribution in [0.2, 0.25) is 0 Å². The zero-order chi connectivity index (χ0) is 21.5. The second-order valence-electron chi connectivity index (χ2n) is 7.84. The molecule has 2 saturated heterocycles. The summed E-state index contributed by atoms with van der Waals surface area (Å²) in [5, 5.41) is 14.4. The number of hydrogen-bond donors (Lipinski definition) is 1. The largest absolute Gasteiger partial charge is 0.381 e. The number of aromatic nitrogens is 1. The lowest BCUT2D eigenvalue weighted by Crippen LogP contribution is -2.53. The molecule has 2 aromatic rings. The van der Waals surface area contributed by atoms with Crippen molar-refractivity contribution in [2.24, 2.45) is 10.9 Å². The van der Waals surface area contributed by atoms with Gasteiger partial charge in [0.05, 0.1) is 18.1 Å². The molecule has 1 aromatic heterocycles. The zero-order valence-corrected chi connectivity index (χ0v) is 20.3. The molecule has 4 rings (SSSR count). The summed E-state index contributed by atoms with van der Waals surface area (Å²) < 4.78 is 5.50. The van der Waals surface area contributed by atoms with Gasteiger partial charge in [0.2, 0.25) is 0 Å². The number of nitro benzene ring substituents is 1. The van der Waals surface area contributed by atoms with Crippen molar-refractivity contribution < 1.29 is 9.66 Å². The van der Waals surface area contributed by atoms with E-state index in [-0.39, 0.29) is 34.6 Å². The maximum atomic E-state index is 10.9. The molecule has 0 amide bonds. The number of aliphatic imine (C=N–C) groups is 1. The average molecular weight is 552 g/mol. The van der Waals surface area contributed by atoms with E-state index in [2.05, 4.69) is 20.1 Å². The first-order chi connectivity index (χ1) is 15.2. The van der Waals surface area contributed by atoms with Crippen LogP contribution in [0.4, 0.5) is 11.5 Å². The van der Waals surface area contributed by atoms with Crippen LogP contribution in [0.15, 0.2) is 53.7 Å². The van der Waals surface area contributed by atoms with Crippen molar-refractivity contribution >= 4 is 41.4 Å². The predicted octanol–water partition coefficient (Wildman–Crippen LogP) is 2.91. The van der Waals surface area contributed by atoms with Gasteiger partial charge in [0.15, 0.2) is 5.96 Å². The highest BCUT2D eigenvalue weighted by molar-refractivity contribution is 14.0. The Hall–Kier alpha value is -2.47. The van der Waals surface area contributed by atoms with Gasteiger partial charge in [0.1, 0.15) is 5.82 Å². The standard InChI is InChI=1S/C22H28N6O3.HI/c29-28(30)20-6-4-18(5-7-20)15-24-22(25-16-19-8-14-31-17-19)27-12-10-26(11-13-27)21-3-1-2-9-23-21;/h1-7,9,19H,8,10-17H2,(H,24,25);1H. The fourth-order valence-corrected chi connectivity index (χ4v) is 3.83. The first kappa shape index (κ1) is 24.2. The Labute approximate surface area is 205 Å². The van der Waals surface area contributed by atoms with Gasteiger partial charge in [-0.05, 0) is 24.1 Å². The Kier molecular flexibility index (Phi) is 9.03. The Morgan fingerprint density at radius 1 is 1.19 bits per heavy atom. The van der Waals surface area contributed by atoms with Gasteiger partial charge in [-0.1, -0.05) is 18.2 Å². The number of hydrogen-bond acceptors (Lipinski definition) is 6. The minimum atomic E-state index is -0.384. The summed E-state index contributed by atoms with van der Waals surface area (Å²) in [7, 11) is 0. The van der Waals surface area contributed by atoms with Gasteiger partial charge in [-0.25, -0.2) is 9.98 Å². The van der Waals surface area contributed by atoms with E-state index < -0.39 is 0 Å². The van der Waals surface area contributed by atoms with Crippen LogP contribution in [0.25, 0.3) is 0 Å². The number of rotatable bonds is 6. The van der Waals surface area contributed by atoms with Gasteiger partial charge in [-0.15, -0.1) is 24.0 Å². The van der Waals surface area contributed by atoms with Crippen LogP contribution in [-0.4, -0.2) is 66.7 Å². The third-order valence-electron chi connectivity index (χ3n) is 5.68. The first-order valence-electron chi connectivity index (χ1n) is 10.7. The first-order valence-corrected chi connectivity index (χ1v) is 10.7. The number of pyridine rings is 1. The van der Waals surface area contributed by atoms with Crippen molar-refractivity contribution in [3.63, 3.8) is 0 Å². The van der Waals surface area contributed by atoms with Crippen molar-refractivity contribution in [1.82, 2.24) is 15.2 Å². The molecule has 0 radical (unpaired) electrons. The number of ether oxygens (including phenoxy) is 1. The van der Waals surface area contributed by atoms with Crippen molar-refractivity contribution in [3.8, 4) is 0 Å². The van der Waals surface area contributed by atoms with E-state index >= 15 is 0 Å². The molecule has 0 aliphatic carbocycles. The maximum Gasteiger partial charge on any atom is 0.269 e. The molecule has 1 aromatic carbocycles. The molecule has 1 N–H and O–H groups in total. The third kappa shape index (κ3) is 6.52. The molecule has 0 saturated carbocycles. The third-order valence-corrected chi connectivity index (χ3v) is 5.68. The number of halogens is 1. The molecular weight excluding hydrogens is 523 g/mol. The lowest BCUT2D eigenvalue weighted by atomic mass is 10.1. The Morgan fingerprint density at radius 3 is 2.59 bits per heavy atom. The highest BCUT2D eigenvalue weighted by Gasteiger charge is 2.22. The van der Waals surface area contributed by atoms with Crippen LogP contribution in [0.3, 0.4) is 0 Å². The summed E-state index contributed by atoms with van der Waals surface area (Å²) in [4.78, 5) is 24.3. The SMILES string of the molecule is I.O=[N+]([O-])c1ccc(CN=C(NCC2CCOC2)N2CCN(c3ccccn3)CC2)cc1. The number of benzene rings is 1. The molecule has 0 spiro atoms. The zero-order valence-electron chi connectivity index (χ0n) is 17.9. The summed E-state index contributed by atoms with van der Waals surface area (Å²) in [6, 6.07) is 12.6. The van der Waals surface area contributed by atoms with Crippen molar-refractivity contribution in [2.75, 3.05) is 50.8 Å². The Balaban J connectivity index is 0.00000289. The molecule has 32 heavy (non-hydrogen) atoms. The fraction of sp³-hybridized carbons (Fsp3) is 0.455. The highest BCUT2D eigenvalue weighted by atomic mass is 127. The highest BCUT2D eigenvalue weighted by Crippen LogP contribution is 2.15. The lowest BCUT2D eigenvalue weighted by molar-refractivity contribution is -0.384. The van der Waals surface area contributed by atoms with Crippen LogP contribution in [-0.2, 0) is 11.3 Å². The van der Waals surface area contributed by atoms with Crippen LogP contribution in [0.1, 0.15) is 12.0 Å². The molecule has 10 heteroatoms. The second kappa shape index (κ2) is 12.0. The summed E-state index contributed by atoms with van der Waals surface area (Å²) in [5.41, 5.74) is 1.04. The molecule has 1 unspecified atom stereocenters. The number of nitrogens with one attached hydrogen (secondary N) is 1. The van der Waals surface area contributed by atoms with Crippen molar-refractivity contribution in [2.45, 2.75) is 13.0 Å². The van der Waals surface area contributed by atoms with E-state index in [1.54, 1.807) is 12.1 Å². The topological polar surface area (TPSA) is 96.1 Å². The van der Waals surface area contributed by atoms with E-state index in [0.29, 0.717) is 12.5 Å². The lowest BCUT2D eigenvalue weighted by Gasteiger charge is -2.37. The quantitative estimate of drug-likeness (QED) is 0.194. The number of anilines is 1. The number of piperazine rings is 1. The minimum Gasteiger partial charge on any atom is -0.381 e. The number of non-ortho nitro benzene ring substituents is 1. The number of nitro groups is 1. The summed E-state index contributed by atoms with van der Waals surface area (Å²) >= 11 is 0. The van der Waals surface area contributed by atoms with E-state index in [1.165, 1.54) is 12.1 Å². The Bertz CT molecular complexity index is 882. The molecule has 3 heterocycles. The van der Waals surface area contributed by atoms with Gasteiger partial charge in [-0.3, -0.25) is 10.1 Å². The summed E-state index contributed by atoms with van der Waals surface area (Å²) in [6.45, 7) is 6.37. The summed E-state index contributed by atoms with van der Waals surface area (Å²) in [5.74, 6) is 2.38. The molecule has 2 aliphatic heterocycles. The van der Waals surface area contributed by atoms with Crippen LogP contribution in [0.5, 0.6) is 0 Å². The van der Waals surface area contributed by atoms with Crippen LogP contribution >= 0.6 is 24.0 Å². The molecule has 2 aliphatic rings. The van der Waals surface area contributed by atoms with E-state index in [0.717, 1.165) is 69.7 Å². The van der Waals surface area contributed by atoms with E-state index in [9.17, 15) is 10.1 Å². The second-order valence-corrected chi connectivity index (χ2v) is 7.84. The number of guanidine groups is 1. The van der Waals surface area contributed by atoms with Gasteiger partial charge >= 0.3 is 0 Å². The van der Waals surface area contributed by atoms with Gasteiger partial charge in [0.25, 0.3) is 5.69 Å². The van der Waals surface area contributed by atoms with Crippen molar-refractivity contribution in [1.29, 1.82) is 0 Å². The fourth-order valence-electron chi connectivity index (χ4n) is 3.83. The maximum absolute atomic E-state index is 10.9. The minimum absolute atomic E-state index is 0. The summed E-state index contributed by atoms with van der Waals surface area (Å²) in [6.07, 6.45) is 2.89. The monoisotopic (exact) mass is 552 g/mol. The molecule has 2 fully saturated rings. The molecule has 0 bridgehead atoms. The van der Waals surface area contributed by atoms with E-state index in [4.69, 9.17) is 9.73 Å². The molecule has 9 nitrogen and oxygen atoms in total. The average Bonchev–Trinajstić information content (AvgIpc) is 3.34. The normalized spacial score (nSPS) is 18.9. The Morgan fingerprint density at radius 2 is 1.97 bits per heavy atom. The van der Waals surface area contributed by atoms with Crippen LogP contribution < -0.4 is 10.2 Å². The molecule has 172 valence electrons. The van der Waals surface area contributed by atoms with Crippen molar-refractivity contribution in [3.05, 3.63) is 64.3 Å². The van der Waals surface area contributed by atoms with Gasteiger partial charge in [-0.2, -0.15) is 0 Å². The van der Waals surface area contributed by atoms with E-state index in [1.807, 2.05) is 24.4 Å². The van der Waals surface area contributed by atoms with Crippen LogP contribution in [0, 0.1) is 16.0 Å². The smallest absolute Gasteiger partial charge is 0.269 e.